The molecule has 1 saturated heterocycles. The highest BCUT2D eigenvalue weighted by atomic mass is 33.1. The highest BCUT2D eigenvalue weighted by molar-refractivity contribution is 8.76. The summed E-state index contributed by atoms with van der Waals surface area (Å²) < 4.78 is 0. The normalized spacial score (nSPS) is 25.5. The Bertz CT molecular complexity index is 910. The van der Waals surface area contributed by atoms with Crippen molar-refractivity contribution in [2.75, 3.05) is 11.5 Å². The summed E-state index contributed by atoms with van der Waals surface area (Å²) in [4.78, 5) is 50.7. The van der Waals surface area contributed by atoms with E-state index in [-0.39, 0.29) is 29.6 Å². The van der Waals surface area contributed by atoms with E-state index in [4.69, 9.17) is 5.73 Å². The van der Waals surface area contributed by atoms with Gasteiger partial charge in [0, 0.05) is 11.5 Å². The zero-order valence-electron chi connectivity index (χ0n) is 19.3. The maximum Gasteiger partial charge on any atom is 0.327 e. The maximum absolute atomic E-state index is 13.2. The monoisotopic (exact) mass is 524 g/mol. The minimum absolute atomic E-state index is 0.101. The summed E-state index contributed by atoms with van der Waals surface area (Å²) in [5.41, 5.74) is 6.83. The second kappa shape index (κ2) is 13.0. The number of benzene rings is 1. The number of aromatic hydroxyl groups is 1. The van der Waals surface area contributed by atoms with Gasteiger partial charge in [-0.15, -0.1) is 0 Å². The Morgan fingerprint density at radius 1 is 1.03 bits per heavy atom. The van der Waals surface area contributed by atoms with E-state index in [1.165, 1.54) is 33.7 Å². The van der Waals surface area contributed by atoms with Crippen LogP contribution in [0.25, 0.3) is 0 Å². The summed E-state index contributed by atoms with van der Waals surface area (Å²) in [5.74, 6) is -2.34. The molecule has 3 rings (SSSR count). The summed E-state index contributed by atoms with van der Waals surface area (Å²) in [6.45, 7) is 0. The van der Waals surface area contributed by atoms with Gasteiger partial charge in [0.1, 0.15) is 23.9 Å². The van der Waals surface area contributed by atoms with Crippen molar-refractivity contribution in [1.29, 1.82) is 0 Å². The molecular formula is C23H32N4O6S2. The first-order valence-electron chi connectivity index (χ1n) is 11.7. The molecule has 0 radical (unpaired) electrons. The quantitative estimate of drug-likeness (QED) is 0.294. The molecule has 0 aromatic heterocycles. The van der Waals surface area contributed by atoms with Crippen molar-refractivity contribution >= 4 is 45.3 Å². The van der Waals surface area contributed by atoms with Crippen LogP contribution in [0, 0.1) is 5.92 Å². The summed E-state index contributed by atoms with van der Waals surface area (Å²) in [6, 6.07) is 2.54. The van der Waals surface area contributed by atoms with Crippen molar-refractivity contribution in [1.82, 2.24) is 16.0 Å². The number of amides is 3. The largest absolute Gasteiger partial charge is 0.508 e. The van der Waals surface area contributed by atoms with Gasteiger partial charge >= 0.3 is 5.97 Å². The van der Waals surface area contributed by atoms with Crippen LogP contribution in [0.2, 0.25) is 0 Å². The predicted octanol–water partition coefficient (Wildman–Crippen LogP) is 0.776. The van der Waals surface area contributed by atoms with Gasteiger partial charge in [-0.2, -0.15) is 0 Å². The van der Waals surface area contributed by atoms with E-state index in [1.54, 1.807) is 12.1 Å². The van der Waals surface area contributed by atoms with E-state index >= 15 is 0 Å². The molecule has 1 unspecified atom stereocenters. The molecule has 1 aromatic carbocycles. The van der Waals surface area contributed by atoms with Crippen LogP contribution in [0.5, 0.6) is 5.75 Å². The molecule has 2 aliphatic rings. The number of hydrogen-bond donors (Lipinski definition) is 6. The Hall–Kier alpha value is -2.44. The van der Waals surface area contributed by atoms with Gasteiger partial charge in [-0.1, -0.05) is 53.0 Å². The zero-order valence-corrected chi connectivity index (χ0v) is 20.9. The summed E-state index contributed by atoms with van der Waals surface area (Å²) in [7, 11) is 2.47. The second-order valence-corrected chi connectivity index (χ2v) is 11.4. The number of nitrogens with one attached hydrogen (secondary N) is 3. The number of rotatable bonds is 6. The van der Waals surface area contributed by atoms with E-state index in [1.807, 2.05) is 0 Å². The minimum Gasteiger partial charge on any atom is -0.508 e. The van der Waals surface area contributed by atoms with Crippen LogP contribution in [0.4, 0.5) is 0 Å². The molecule has 35 heavy (non-hydrogen) atoms. The van der Waals surface area contributed by atoms with Gasteiger partial charge < -0.3 is 31.9 Å². The Kier molecular flexibility index (Phi) is 10.1. The lowest BCUT2D eigenvalue weighted by atomic mass is 9.83. The van der Waals surface area contributed by atoms with Gasteiger partial charge in [-0.3, -0.25) is 14.4 Å². The first kappa shape index (κ1) is 27.2. The van der Waals surface area contributed by atoms with Gasteiger partial charge in [0.15, 0.2) is 0 Å². The van der Waals surface area contributed by atoms with Crippen LogP contribution in [0.3, 0.4) is 0 Å². The van der Waals surface area contributed by atoms with E-state index in [2.05, 4.69) is 16.0 Å². The summed E-state index contributed by atoms with van der Waals surface area (Å²) in [5, 5.41) is 27.0. The molecule has 1 aromatic rings. The Morgan fingerprint density at radius 3 is 2.34 bits per heavy atom. The predicted molar refractivity (Wildman–Crippen MR) is 135 cm³/mol. The number of carboxylic acids is 1. The molecule has 3 amide bonds. The molecule has 7 N–H and O–H groups in total. The molecule has 4 atom stereocenters. The number of carbonyl (C=O) groups excluding carboxylic acids is 3. The van der Waals surface area contributed by atoms with Crippen molar-refractivity contribution in [3.8, 4) is 5.75 Å². The Labute approximate surface area is 211 Å². The van der Waals surface area contributed by atoms with Gasteiger partial charge in [-0.25, -0.2) is 4.79 Å². The third kappa shape index (κ3) is 8.04. The van der Waals surface area contributed by atoms with Gasteiger partial charge in [0.05, 0.1) is 6.04 Å². The molecule has 192 valence electrons. The first-order chi connectivity index (χ1) is 16.7. The van der Waals surface area contributed by atoms with E-state index in [0.717, 1.165) is 37.7 Å². The highest BCUT2D eigenvalue weighted by Gasteiger charge is 2.36. The SMILES string of the molecule is N[C@@H](Cc1ccc(O)cc1)C(=O)N[C@H]1CSSC[C@@H](C(=O)O)NC(=O)C(C2CCCCC2)NC1=O. The fourth-order valence-corrected chi connectivity index (χ4v) is 6.55. The molecule has 10 nitrogen and oxygen atoms in total. The first-order valence-corrected chi connectivity index (χ1v) is 14.1. The fraction of sp³-hybridized carbons (Fsp3) is 0.565. The van der Waals surface area contributed by atoms with Crippen LogP contribution >= 0.6 is 21.6 Å². The Morgan fingerprint density at radius 2 is 1.69 bits per heavy atom. The van der Waals surface area contributed by atoms with Crippen LogP contribution in [0.15, 0.2) is 24.3 Å². The van der Waals surface area contributed by atoms with E-state index in [9.17, 15) is 29.4 Å². The van der Waals surface area contributed by atoms with Crippen molar-refractivity contribution in [2.24, 2.45) is 11.7 Å². The van der Waals surface area contributed by atoms with Gasteiger partial charge in [0.25, 0.3) is 0 Å². The number of carbonyl (C=O) groups is 4. The van der Waals surface area contributed by atoms with Crippen molar-refractivity contribution < 1.29 is 29.4 Å². The molecule has 2 fully saturated rings. The van der Waals surface area contributed by atoms with Gasteiger partial charge in [0.2, 0.25) is 17.7 Å². The van der Waals surface area contributed by atoms with Crippen LogP contribution in [0.1, 0.15) is 37.7 Å². The zero-order chi connectivity index (χ0) is 25.4. The van der Waals surface area contributed by atoms with Crippen LogP contribution in [-0.2, 0) is 25.6 Å². The number of phenols is 1. The van der Waals surface area contributed by atoms with E-state index < -0.39 is 47.9 Å². The molecule has 1 heterocycles. The molecular weight excluding hydrogens is 492 g/mol. The summed E-state index contributed by atoms with van der Waals surface area (Å²) >= 11 is 0. The number of phenolic OH excluding ortho intramolecular Hbond substituents is 1. The number of carboxylic acid groups (broad SMARTS) is 1. The lowest BCUT2D eigenvalue weighted by Gasteiger charge is -2.31. The molecule has 0 bridgehead atoms. The molecule has 0 spiro atoms. The Balaban J connectivity index is 1.72. The average molecular weight is 525 g/mol. The third-order valence-electron chi connectivity index (χ3n) is 6.23. The van der Waals surface area contributed by atoms with Crippen LogP contribution in [-0.4, -0.2) is 69.6 Å². The van der Waals surface area contributed by atoms with Crippen molar-refractivity contribution in [3.63, 3.8) is 0 Å². The van der Waals surface area contributed by atoms with E-state index in [0.29, 0.717) is 0 Å². The second-order valence-electron chi connectivity index (χ2n) is 8.89. The number of hydrogen-bond acceptors (Lipinski definition) is 8. The lowest BCUT2D eigenvalue weighted by molar-refractivity contribution is -0.142. The molecule has 1 aliphatic carbocycles. The average Bonchev–Trinajstić information content (AvgIpc) is 2.86. The maximum atomic E-state index is 13.2. The van der Waals surface area contributed by atoms with Crippen molar-refractivity contribution in [3.05, 3.63) is 29.8 Å². The van der Waals surface area contributed by atoms with Crippen molar-refractivity contribution in [2.45, 2.75) is 62.7 Å². The highest BCUT2D eigenvalue weighted by Crippen LogP contribution is 2.28. The topological polar surface area (TPSA) is 171 Å². The minimum atomic E-state index is -1.13. The number of nitrogens with two attached hydrogens (primary N) is 1. The molecule has 12 heteroatoms. The summed E-state index contributed by atoms with van der Waals surface area (Å²) in [6.07, 6.45) is 4.66. The standard InChI is InChI=1S/C23H32N4O6S2/c24-16(10-13-6-8-15(28)9-7-13)20(29)25-17-11-34-35-12-18(23(32)33)26-22(31)19(27-21(17)30)14-4-2-1-3-5-14/h6-9,14,16-19,28H,1-5,10-12,24H2,(H,25,29)(H,26,31)(H,27,30)(H,32,33)/t16-,17-,18-,19?/m0/s1. The molecule has 1 saturated carbocycles. The lowest BCUT2D eigenvalue weighted by Crippen LogP contribution is -2.59. The fourth-order valence-electron chi connectivity index (χ4n) is 4.23. The van der Waals surface area contributed by atoms with Gasteiger partial charge in [-0.05, 0) is 42.9 Å². The van der Waals surface area contributed by atoms with Crippen LogP contribution < -0.4 is 21.7 Å². The third-order valence-corrected chi connectivity index (χ3v) is 8.65. The molecule has 1 aliphatic heterocycles. The number of aliphatic carboxylic acids is 1. The smallest absolute Gasteiger partial charge is 0.327 e.